The molecule has 1 saturated carbocycles. The van der Waals surface area contributed by atoms with Crippen LogP contribution in [0.4, 0.5) is 0 Å². The van der Waals surface area contributed by atoms with Gasteiger partial charge in [0.1, 0.15) is 11.4 Å². The van der Waals surface area contributed by atoms with Crippen LogP contribution in [0.3, 0.4) is 0 Å². The van der Waals surface area contributed by atoms with E-state index in [1.54, 1.807) is 6.07 Å². The van der Waals surface area contributed by atoms with Gasteiger partial charge in [-0.15, -0.1) is 0 Å². The fourth-order valence-electron chi connectivity index (χ4n) is 5.36. The molecule has 2 aromatic rings. The lowest BCUT2D eigenvalue weighted by atomic mass is 9.52. The van der Waals surface area contributed by atoms with E-state index in [1.165, 1.54) is 11.1 Å². The first kappa shape index (κ1) is 16.6. The molecule has 1 fully saturated rings. The Hall–Kier alpha value is -1.84. The molecule has 132 valence electrons. The highest BCUT2D eigenvalue weighted by molar-refractivity contribution is 5.44. The smallest absolute Gasteiger partial charge is 0.116 e. The van der Waals surface area contributed by atoms with Gasteiger partial charge >= 0.3 is 0 Å². The first-order valence-electron chi connectivity index (χ1n) is 9.28. The molecule has 4 atom stereocenters. The van der Waals surface area contributed by atoms with E-state index in [0.29, 0.717) is 24.5 Å². The van der Waals surface area contributed by atoms with Crippen molar-refractivity contribution >= 4 is 0 Å². The van der Waals surface area contributed by atoms with Crippen LogP contribution in [0.2, 0.25) is 0 Å². The highest BCUT2D eigenvalue weighted by Crippen LogP contribution is 2.56. The molecular formula is C22H26O3. The predicted molar refractivity (Wildman–Crippen MR) is 97.5 cm³/mol. The molecular weight excluding hydrogens is 312 g/mol. The first-order valence-corrected chi connectivity index (χ1v) is 9.28. The number of aromatic hydroxyl groups is 1. The first-order chi connectivity index (χ1) is 12.0. The van der Waals surface area contributed by atoms with Crippen molar-refractivity contribution < 1.29 is 15.3 Å². The Labute approximate surface area is 149 Å². The van der Waals surface area contributed by atoms with E-state index < -0.39 is 11.7 Å². The third-order valence-corrected chi connectivity index (χ3v) is 6.74. The number of fused-ring (bicyclic) bond motifs is 3. The van der Waals surface area contributed by atoms with Gasteiger partial charge in [-0.25, -0.2) is 0 Å². The highest BCUT2D eigenvalue weighted by Gasteiger charge is 2.55. The SMILES string of the molecule is CC[C@@]12C[C@@H](O)[C@](O)(c3ccccc3)C[C@H]1CCc1cc(O)ccc12. The van der Waals surface area contributed by atoms with Crippen molar-refractivity contribution in [1.82, 2.24) is 0 Å². The second kappa shape index (κ2) is 5.86. The molecule has 0 radical (unpaired) electrons. The van der Waals surface area contributed by atoms with Crippen LogP contribution >= 0.6 is 0 Å². The van der Waals surface area contributed by atoms with E-state index in [1.807, 2.05) is 42.5 Å². The van der Waals surface area contributed by atoms with E-state index in [2.05, 4.69) is 6.92 Å². The Morgan fingerprint density at radius 3 is 2.56 bits per heavy atom. The summed E-state index contributed by atoms with van der Waals surface area (Å²) in [7, 11) is 0. The Morgan fingerprint density at radius 1 is 1.08 bits per heavy atom. The molecule has 3 N–H and O–H groups in total. The molecule has 0 aliphatic heterocycles. The zero-order valence-electron chi connectivity index (χ0n) is 14.7. The van der Waals surface area contributed by atoms with Crippen molar-refractivity contribution in [3.8, 4) is 5.75 Å². The van der Waals surface area contributed by atoms with Crippen LogP contribution in [-0.4, -0.2) is 21.4 Å². The summed E-state index contributed by atoms with van der Waals surface area (Å²) in [4.78, 5) is 0. The number of phenolic OH excluding ortho intramolecular Hbond substituents is 1. The third kappa shape index (κ3) is 2.41. The van der Waals surface area contributed by atoms with E-state index in [0.717, 1.165) is 24.8 Å². The molecule has 0 bridgehead atoms. The van der Waals surface area contributed by atoms with Gasteiger partial charge in [0.25, 0.3) is 0 Å². The molecule has 2 aromatic carbocycles. The minimum absolute atomic E-state index is 0.123. The molecule has 2 aliphatic carbocycles. The van der Waals surface area contributed by atoms with Gasteiger partial charge in [-0.05, 0) is 66.8 Å². The van der Waals surface area contributed by atoms with Crippen LogP contribution < -0.4 is 0 Å². The minimum atomic E-state index is -1.18. The molecule has 3 nitrogen and oxygen atoms in total. The number of aliphatic hydroxyl groups is 2. The number of benzene rings is 2. The maximum absolute atomic E-state index is 11.4. The van der Waals surface area contributed by atoms with Crippen LogP contribution in [-0.2, 0) is 17.4 Å². The average molecular weight is 338 g/mol. The minimum Gasteiger partial charge on any atom is -0.508 e. The number of hydrogen-bond donors (Lipinski definition) is 3. The third-order valence-electron chi connectivity index (χ3n) is 6.74. The van der Waals surface area contributed by atoms with Crippen molar-refractivity contribution in [2.24, 2.45) is 5.92 Å². The van der Waals surface area contributed by atoms with Crippen LogP contribution in [0.1, 0.15) is 49.3 Å². The molecule has 4 rings (SSSR count). The van der Waals surface area contributed by atoms with E-state index in [4.69, 9.17) is 0 Å². The number of aryl methyl sites for hydroxylation is 1. The molecule has 0 aromatic heterocycles. The summed E-state index contributed by atoms with van der Waals surface area (Å²) < 4.78 is 0. The maximum Gasteiger partial charge on any atom is 0.116 e. The van der Waals surface area contributed by atoms with E-state index in [-0.39, 0.29) is 5.41 Å². The maximum atomic E-state index is 11.4. The van der Waals surface area contributed by atoms with Crippen molar-refractivity contribution in [2.75, 3.05) is 0 Å². The summed E-state index contributed by atoms with van der Waals surface area (Å²) in [6.45, 7) is 2.18. The topological polar surface area (TPSA) is 60.7 Å². The molecule has 0 saturated heterocycles. The lowest BCUT2D eigenvalue weighted by Gasteiger charge is -2.55. The van der Waals surface area contributed by atoms with Gasteiger partial charge in [0.15, 0.2) is 0 Å². The van der Waals surface area contributed by atoms with Gasteiger partial charge in [-0.3, -0.25) is 0 Å². The standard InChI is InChI=1S/C22H26O3/c1-2-21-14-20(24)22(25,16-6-4-3-5-7-16)13-17(21)9-8-15-12-18(23)10-11-19(15)21/h3-7,10-12,17,20,23-25H,2,8-9,13-14H2,1H3/t17-,20-,21-,22-/m1/s1. The fraction of sp³-hybridized carbons (Fsp3) is 0.455. The Morgan fingerprint density at radius 2 is 1.84 bits per heavy atom. The second-order valence-corrected chi connectivity index (χ2v) is 7.80. The van der Waals surface area contributed by atoms with Gasteiger partial charge in [0.05, 0.1) is 6.10 Å². The average Bonchev–Trinajstić information content (AvgIpc) is 2.63. The normalized spacial score (nSPS) is 34.2. The van der Waals surface area contributed by atoms with Gasteiger partial charge in [0.2, 0.25) is 0 Å². The molecule has 0 amide bonds. The fourth-order valence-corrected chi connectivity index (χ4v) is 5.36. The molecule has 3 heteroatoms. The van der Waals surface area contributed by atoms with Gasteiger partial charge in [-0.2, -0.15) is 0 Å². The number of hydrogen-bond acceptors (Lipinski definition) is 3. The predicted octanol–water partition coefficient (Wildman–Crippen LogP) is 3.64. The lowest BCUT2D eigenvalue weighted by molar-refractivity contribution is -0.146. The highest BCUT2D eigenvalue weighted by atomic mass is 16.3. The number of phenols is 1. The number of rotatable bonds is 2. The Balaban J connectivity index is 1.77. The number of aliphatic hydroxyl groups excluding tert-OH is 1. The van der Waals surface area contributed by atoms with Crippen molar-refractivity contribution in [2.45, 2.75) is 56.1 Å². The Bertz CT molecular complexity index is 772. The summed E-state index contributed by atoms with van der Waals surface area (Å²) >= 11 is 0. The summed E-state index contributed by atoms with van der Waals surface area (Å²) in [5, 5.41) is 32.2. The van der Waals surface area contributed by atoms with Crippen molar-refractivity contribution in [3.05, 3.63) is 65.2 Å². The Kier molecular flexibility index (Phi) is 3.89. The van der Waals surface area contributed by atoms with Crippen molar-refractivity contribution in [1.29, 1.82) is 0 Å². The second-order valence-electron chi connectivity index (χ2n) is 7.80. The monoisotopic (exact) mass is 338 g/mol. The zero-order valence-corrected chi connectivity index (χ0v) is 14.7. The van der Waals surface area contributed by atoms with Crippen LogP contribution in [0.25, 0.3) is 0 Å². The molecule has 25 heavy (non-hydrogen) atoms. The van der Waals surface area contributed by atoms with Gasteiger partial charge in [-0.1, -0.05) is 43.3 Å². The molecule has 2 aliphatic rings. The van der Waals surface area contributed by atoms with Gasteiger partial charge < -0.3 is 15.3 Å². The van der Waals surface area contributed by atoms with E-state index in [9.17, 15) is 15.3 Å². The largest absolute Gasteiger partial charge is 0.508 e. The van der Waals surface area contributed by atoms with E-state index >= 15 is 0 Å². The summed E-state index contributed by atoms with van der Waals surface area (Å²) in [5.41, 5.74) is 1.94. The summed E-state index contributed by atoms with van der Waals surface area (Å²) in [6, 6.07) is 15.2. The van der Waals surface area contributed by atoms with Crippen molar-refractivity contribution in [3.63, 3.8) is 0 Å². The molecule has 0 spiro atoms. The quantitative estimate of drug-likeness (QED) is 0.783. The summed E-state index contributed by atoms with van der Waals surface area (Å²) in [6.07, 6.45) is 3.15. The lowest BCUT2D eigenvalue weighted by Crippen LogP contribution is -2.56. The van der Waals surface area contributed by atoms with Crippen LogP contribution in [0, 0.1) is 5.92 Å². The van der Waals surface area contributed by atoms with Crippen LogP contribution in [0.15, 0.2) is 48.5 Å². The summed E-state index contributed by atoms with van der Waals surface area (Å²) in [5.74, 6) is 0.628. The van der Waals surface area contributed by atoms with Crippen LogP contribution in [0.5, 0.6) is 5.75 Å². The molecule has 0 heterocycles. The molecule has 0 unspecified atom stereocenters. The van der Waals surface area contributed by atoms with Gasteiger partial charge in [0, 0.05) is 5.41 Å². The zero-order chi connectivity index (χ0) is 17.7.